The van der Waals surface area contributed by atoms with Gasteiger partial charge in [-0.2, -0.15) is 0 Å². The van der Waals surface area contributed by atoms with Gasteiger partial charge in [-0.3, -0.25) is 0 Å². The fourth-order valence-corrected chi connectivity index (χ4v) is 1.44. The summed E-state index contributed by atoms with van der Waals surface area (Å²) in [5, 5.41) is 8.50. The van der Waals surface area contributed by atoms with Gasteiger partial charge in [0.25, 0.3) is 0 Å². The molecule has 146 valence electrons. The Labute approximate surface area is 143 Å². The lowest BCUT2D eigenvalue weighted by molar-refractivity contribution is -0.277. The molecule has 9 heteroatoms. The average molecular weight is 356 g/mol. The van der Waals surface area contributed by atoms with Gasteiger partial charge in [0.15, 0.2) is 0 Å². The zero-order chi connectivity index (χ0) is 17.6. The van der Waals surface area contributed by atoms with Gasteiger partial charge >= 0.3 is 0 Å². The molecule has 0 unspecified atom stereocenters. The van der Waals surface area contributed by atoms with Crippen LogP contribution in [0.25, 0.3) is 0 Å². The monoisotopic (exact) mass is 356 g/mol. The van der Waals surface area contributed by atoms with Gasteiger partial charge in [-0.05, 0) is 0 Å². The average Bonchev–Trinajstić information content (AvgIpc) is 2.60. The second-order valence-electron chi connectivity index (χ2n) is 4.39. The van der Waals surface area contributed by atoms with Crippen molar-refractivity contribution in [2.45, 2.75) is 0 Å². The molecule has 0 saturated carbocycles. The molecule has 0 bridgehead atoms. The van der Waals surface area contributed by atoms with E-state index in [0.29, 0.717) is 85.9 Å². The molecular weight excluding hydrogens is 324 g/mol. The highest BCUT2D eigenvalue weighted by Gasteiger charge is 1.94. The van der Waals surface area contributed by atoms with Gasteiger partial charge in [0.1, 0.15) is 6.61 Å². The van der Waals surface area contributed by atoms with Gasteiger partial charge in [-0.1, -0.05) is 0 Å². The van der Waals surface area contributed by atoms with E-state index >= 15 is 0 Å². The van der Waals surface area contributed by atoms with Crippen molar-refractivity contribution in [1.29, 1.82) is 0 Å². The van der Waals surface area contributed by atoms with E-state index in [1.165, 1.54) is 7.11 Å². The fourth-order valence-electron chi connectivity index (χ4n) is 1.44. The number of rotatable bonds is 21. The fraction of sp³-hybridized carbons (Fsp3) is 1.00. The Kier molecular flexibility index (Phi) is 22.3. The molecule has 0 amide bonds. The first-order chi connectivity index (χ1) is 11.9. The molecule has 0 heterocycles. The first-order valence-corrected chi connectivity index (χ1v) is 8.14. The molecule has 0 aliphatic carbocycles. The topological polar surface area (TPSA) is 94.1 Å². The summed E-state index contributed by atoms with van der Waals surface area (Å²) >= 11 is 0. The molecule has 0 aromatic heterocycles. The summed E-state index contributed by atoms with van der Waals surface area (Å²) in [4.78, 5) is 9.07. The molecule has 24 heavy (non-hydrogen) atoms. The first kappa shape index (κ1) is 23.6. The highest BCUT2D eigenvalue weighted by Crippen LogP contribution is 1.85. The lowest BCUT2D eigenvalue weighted by Gasteiger charge is -2.08. The molecule has 0 aliphatic heterocycles. The molecule has 0 saturated heterocycles. The van der Waals surface area contributed by atoms with Gasteiger partial charge < -0.3 is 33.5 Å². The zero-order valence-corrected chi connectivity index (χ0v) is 14.6. The number of hydrogen-bond acceptors (Lipinski definition) is 9. The molecule has 0 radical (unpaired) electrons. The third-order valence-electron chi connectivity index (χ3n) is 2.52. The van der Waals surface area contributed by atoms with Crippen LogP contribution in [0.15, 0.2) is 0 Å². The number of aliphatic hydroxyl groups excluding tert-OH is 1. The van der Waals surface area contributed by atoms with Crippen molar-refractivity contribution in [1.82, 2.24) is 0 Å². The smallest absolute Gasteiger partial charge is 0.106 e. The van der Waals surface area contributed by atoms with Gasteiger partial charge in [0.05, 0.1) is 93.0 Å². The van der Waals surface area contributed by atoms with E-state index in [9.17, 15) is 0 Å². The Hall–Kier alpha value is -0.360. The second-order valence-corrected chi connectivity index (χ2v) is 4.39. The quantitative estimate of drug-likeness (QED) is 0.168. The molecule has 0 atom stereocenters. The lowest BCUT2D eigenvalue weighted by Crippen LogP contribution is -2.14. The van der Waals surface area contributed by atoms with Crippen LogP contribution in [0.3, 0.4) is 0 Å². The summed E-state index contributed by atoms with van der Waals surface area (Å²) in [6.07, 6.45) is 0. The van der Waals surface area contributed by atoms with Crippen LogP contribution in [-0.2, 0) is 38.2 Å². The van der Waals surface area contributed by atoms with Crippen molar-refractivity contribution in [3.63, 3.8) is 0 Å². The SMILES string of the molecule is COOCCOCCOCCOCCOCCOCCOCCO. The van der Waals surface area contributed by atoms with Crippen molar-refractivity contribution in [2.24, 2.45) is 0 Å². The number of hydrogen-bond donors (Lipinski definition) is 1. The van der Waals surface area contributed by atoms with Crippen molar-refractivity contribution >= 4 is 0 Å². The van der Waals surface area contributed by atoms with Crippen LogP contribution >= 0.6 is 0 Å². The van der Waals surface area contributed by atoms with E-state index in [1.54, 1.807) is 0 Å². The second kappa shape index (κ2) is 22.6. The molecule has 0 aromatic carbocycles. The Morgan fingerprint density at radius 1 is 0.458 bits per heavy atom. The largest absolute Gasteiger partial charge is 0.394 e. The van der Waals surface area contributed by atoms with E-state index < -0.39 is 0 Å². The van der Waals surface area contributed by atoms with Crippen molar-refractivity contribution in [2.75, 3.05) is 99.6 Å². The molecule has 0 aromatic rings. The summed E-state index contributed by atoms with van der Waals surface area (Å²) in [5.74, 6) is 0. The van der Waals surface area contributed by atoms with Gasteiger partial charge in [-0.25, -0.2) is 9.78 Å². The maximum Gasteiger partial charge on any atom is 0.106 e. The molecular formula is C15H32O9. The van der Waals surface area contributed by atoms with Gasteiger partial charge in [0, 0.05) is 0 Å². The maximum absolute atomic E-state index is 8.50. The van der Waals surface area contributed by atoms with Crippen LogP contribution in [0.2, 0.25) is 0 Å². The third-order valence-corrected chi connectivity index (χ3v) is 2.52. The Balaban J connectivity index is 2.93. The van der Waals surface area contributed by atoms with E-state index in [2.05, 4.69) is 9.78 Å². The lowest BCUT2D eigenvalue weighted by atomic mass is 10.7. The minimum Gasteiger partial charge on any atom is -0.394 e. The maximum atomic E-state index is 8.50. The van der Waals surface area contributed by atoms with Crippen LogP contribution < -0.4 is 0 Å². The van der Waals surface area contributed by atoms with E-state index in [-0.39, 0.29) is 6.61 Å². The van der Waals surface area contributed by atoms with Crippen molar-refractivity contribution in [3.8, 4) is 0 Å². The molecule has 0 fully saturated rings. The number of ether oxygens (including phenoxy) is 6. The van der Waals surface area contributed by atoms with Crippen LogP contribution in [0.4, 0.5) is 0 Å². The minimum absolute atomic E-state index is 0.0340. The summed E-state index contributed by atoms with van der Waals surface area (Å²) in [5.41, 5.74) is 0. The van der Waals surface area contributed by atoms with Gasteiger partial charge in [0.2, 0.25) is 0 Å². The Bertz CT molecular complexity index is 197. The molecule has 0 aliphatic rings. The molecule has 9 nitrogen and oxygen atoms in total. The summed E-state index contributed by atoms with van der Waals surface area (Å²) in [6.45, 7) is 6.40. The van der Waals surface area contributed by atoms with Crippen molar-refractivity contribution in [3.05, 3.63) is 0 Å². The molecule has 0 rings (SSSR count). The van der Waals surface area contributed by atoms with Crippen molar-refractivity contribution < 1.29 is 43.3 Å². The van der Waals surface area contributed by atoms with Crippen LogP contribution in [-0.4, -0.2) is 105 Å². The van der Waals surface area contributed by atoms with E-state index in [1.807, 2.05) is 0 Å². The predicted octanol–water partition coefficient (Wildman–Crippen LogP) is -0.344. The normalized spacial score (nSPS) is 11.2. The number of aliphatic hydroxyl groups is 1. The molecule has 1 N–H and O–H groups in total. The van der Waals surface area contributed by atoms with Gasteiger partial charge in [-0.15, -0.1) is 0 Å². The summed E-state index contributed by atoms with van der Waals surface area (Å²) < 4.78 is 31.6. The molecule has 0 spiro atoms. The first-order valence-electron chi connectivity index (χ1n) is 8.14. The summed E-state index contributed by atoms with van der Waals surface area (Å²) in [7, 11) is 1.46. The van der Waals surface area contributed by atoms with Crippen LogP contribution in [0, 0.1) is 0 Å². The Morgan fingerprint density at radius 2 is 0.750 bits per heavy atom. The highest BCUT2D eigenvalue weighted by atomic mass is 17.2. The van der Waals surface area contributed by atoms with Crippen LogP contribution in [0.5, 0.6) is 0 Å². The summed E-state index contributed by atoms with van der Waals surface area (Å²) in [6, 6.07) is 0. The third kappa shape index (κ3) is 21.6. The highest BCUT2D eigenvalue weighted by molar-refractivity contribution is 4.36. The standard InChI is InChI=1S/C15H32O9/c1-17-24-15-14-23-13-12-22-11-10-21-9-8-20-7-6-19-5-4-18-3-2-16/h16H,2-15H2,1H3. The predicted molar refractivity (Wildman–Crippen MR) is 85.0 cm³/mol. The van der Waals surface area contributed by atoms with E-state index in [4.69, 9.17) is 33.5 Å². The zero-order valence-electron chi connectivity index (χ0n) is 14.6. The Morgan fingerprint density at radius 3 is 1.04 bits per heavy atom. The van der Waals surface area contributed by atoms with Crippen LogP contribution in [0.1, 0.15) is 0 Å². The minimum atomic E-state index is 0.0340. The van der Waals surface area contributed by atoms with E-state index in [0.717, 1.165) is 0 Å².